The van der Waals surface area contributed by atoms with E-state index in [4.69, 9.17) is 16.3 Å². The van der Waals surface area contributed by atoms with Gasteiger partial charge < -0.3 is 15.0 Å². The minimum absolute atomic E-state index is 0.284. The summed E-state index contributed by atoms with van der Waals surface area (Å²) in [6, 6.07) is 16.2. The molecule has 0 spiro atoms. The quantitative estimate of drug-likeness (QED) is 0.682. The van der Waals surface area contributed by atoms with Crippen LogP contribution in [0.5, 0.6) is 0 Å². The van der Waals surface area contributed by atoms with E-state index < -0.39 is 11.9 Å². The molecule has 0 saturated carbocycles. The number of esters is 1. The highest BCUT2D eigenvalue weighted by atomic mass is 35.5. The van der Waals surface area contributed by atoms with Crippen LogP contribution in [0.1, 0.15) is 29.0 Å². The van der Waals surface area contributed by atoms with E-state index in [9.17, 15) is 9.59 Å². The van der Waals surface area contributed by atoms with E-state index >= 15 is 0 Å². The Morgan fingerprint density at radius 3 is 2.64 bits per heavy atom. The number of ether oxygens (including phenoxy) is 1. The zero-order valence-corrected chi connectivity index (χ0v) is 14.3. The molecule has 0 fully saturated rings. The molecule has 2 aromatic carbocycles. The summed E-state index contributed by atoms with van der Waals surface area (Å²) in [6.45, 7) is 1.46. The molecule has 1 amide bonds. The van der Waals surface area contributed by atoms with Crippen LogP contribution >= 0.6 is 11.6 Å². The number of aromatic amines is 1. The largest absolute Gasteiger partial charge is 0.451 e. The highest BCUT2D eigenvalue weighted by Crippen LogP contribution is 2.22. The van der Waals surface area contributed by atoms with Crippen molar-refractivity contribution in [1.29, 1.82) is 0 Å². The Morgan fingerprint density at radius 2 is 1.88 bits per heavy atom. The lowest BCUT2D eigenvalue weighted by Crippen LogP contribution is -2.31. The maximum absolute atomic E-state index is 12.1. The number of benzene rings is 2. The van der Waals surface area contributed by atoms with Crippen LogP contribution in [0.15, 0.2) is 54.6 Å². The molecule has 5 nitrogen and oxygen atoms in total. The third kappa shape index (κ3) is 4.00. The van der Waals surface area contributed by atoms with Gasteiger partial charge in [-0.3, -0.25) is 4.79 Å². The number of carbonyl (C=O) groups is 2. The molecule has 0 saturated heterocycles. The molecular formula is C19H17ClN2O3. The van der Waals surface area contributed by atoms with Crippen molar-refractivity contribution in [3.8, 4) is 0 Å². The van der Waals surface area contributed by atoms with Gasteiger partial charge >= 0.3 is 5.97 Å². The predicted octanol–water partition coefficient (Wildman–Crippen LogP) is 3.86. The van der Waals surface area contributed by atoms with E-state index in [-0.39, 0.29) is 12.6 Å². The van der Waals surface area contributed by atoms with E-state index in [0.717, 1.165) is 16.5 Å². The van der Waals surface area contributed by atoms with Gasteiger partial charge in [-0.1, -0.05) is 48.0 Å². The molecule has 0 aliphatic carbocycles. The Labute approximate surface area is 149 Å². The van der Waals surface area contributed by atoms with Crippen molar-refractivity contribution < 1.29 is 14.3 Å². The zero-order valence-electron chi connectivity index (χ0n) is 13.6. The first-order valence-corrected chi connectivity index (χ1v) is 8.21. The van der Waals surface area contributed by atoms with Gasteiger partial charge in [0, 0.05) is 15.9 Å². The normalized spacial score (nSPS) is 11.9. The third-order valence-electron chi connectivity index (χ3n) is 3.83. The molecule has 0 bridgehead atoms. The third-order valence-corrected chi connectivity index (χ3v) is 4.18. The fourth-order valence-corrected chi connectivity index (χ4v) is 2.88. The second-order valence-electron chi connectivity index (χ2n) is 5.66. The number of hydrogen-bond acceptors (Lipinski definition) is 3. The summed E-state index contributed by atoms with van der Waals surface area (Å²) in [4.78, 5) is 27.0. The SMILES string of the molecule is CC(NC(=O)COC(=O)c1cc2ccccc2[nH]1)c1ccccc1Cl. The molecule has 1 heterocycles. The van der Waals surface area contributed by atoms with Crippen molar-refractivity contribution in [1.82, 2.24) is 10.3 Å². The Kier molecular flexibility index (Phi) is 5.05. The lowest BCUT2D eigenvalue weighted by atomic mass is 10.1. The number of H-pyrrole nitrogens is 1. The fraction of sp³-hybridized carbons (Fsp3) is 0.158. The second-order valence-corrected chi connectivity index (χ2v) is 6.06. The first-order chi connectivity index (χ1) is 12.0. The molecule has 2 N–H and O–H groups in total. The molecule has 1 unspecified atom stereocenters. The molecular weight excluding hydrogens is 340 g/mol. The standard InChI is InChI=1S/C19H17ClN2O3/c1-12(14-7-3-4-8-15(14)20)21-18(23)11-25-19(24)17-10-13-6-2-5-9-16(13)22-17/h2-10,12,22H,11H2,1H3,(H,21,23). The number of hydrogen-bond donors (Lipinski definition) is 2. The summed E-state index contributed by atoms with van der Waals surface area (Å²) in [5.41, 5.74) is 1.96. The number of nitrogens with one attached hydrogen (secondary N) is 2. The smallest absolute Gasteiger partial charge is 0.355 e. The van der Waals surface area contributed by atoms with Crippen LogP contribution in [0.4, 0.5) is 0 Å². The molecule has 3 rings (SSSR count). The van der Waals surface area contributed by atoms with Crippen LogP contribution in [0, 0.1) is 0 Å². The van der Waals surface area contributed by atoms with Crippen LogP contribution in [0.3, 0.4) is 0 Å². The van der Waals surface area contributed by atoms with Gasteiger partial charge in [0.25, 0.3) is 5.91 Å². The van der Waals surface area contributed by atoms with Crippen LogP contribution in [0.2, 0.25) is 5.02 Å². The highest BCUT2D eigenvalue weighted by Gasteiger charge is 2.15. The molecule has 25 heavy (non-hydrogen) atoms. The minimum Gasteiger partial charge on any atom is -0.451 e. The molecule has 0 aliphatic rings. The maximum atomic E-state index is 12.1. The van der Waals surface area contributed by atoms with Gasteiger partial charge in [0.15, 0.2) is 6.61 Å². The van der Waals surface area contributed by atoms with Gasteiger partial charge in [-0.05, 0) is 30.7 Å². The molecule has 0 radical (unpaired) electrons. The highest BCUT2D eigenvalue weighted by molar-refractivity contribution is 6.31. The van der Waals surface area contributed by atoms with Crippen LogP contribution < -0.4 is 5.32 Å². The van der Waals surface area contributed by atoms with Gasteiger partial charge in [0.2, 0.25) is 0 Å². The topological polar surface area (TPSA) is 71.2 Å². The fourth-order valence-electron chi connectivity index (χ4n) is 2.58. The van der Waals surface area contributed by atoms with Crippen molar-refractivity contribution in [2.24, 2.45) is 0 Å². The number of carbonyl (C=O) groups excluding carboxylic acids is 2. The Hall–Kier alpha value is -2.79. The van der Waals surface area contributed by atoms with E-state index in [2.05, 4.69) is 10.3 Å². The van der Waals surface area contributed by atoms with E-state index in [0.29, 0.717) is 10.7 Å². The van der Waals surface area contributed by atoms with Gasteiger partial charge in [0.05, 0.1) is 6.04 Å². The summed E-state index contributed by atoms with van der Waals surface area (Å²) in [7, 11) is 0. The summed E-state index contributed by atoms with van der Waals surface area (Å²) < 4.78 is 5.07. The lowest BCUT2D eigenvalue weighted by Gasteiger charge is -2.15. The molecule has 1 aromatic heterocycles. The summed E-state index contributed by atoms with van der Waals surface area (Å²) in [5, 5.41) is 4.24. The minimum atomic E-state index is -0.572. The van der Waals surface area contributed by atoms with Crippen molar-refractivity contribution in [2.45, 2.75) is 13.0 Å². The summed E-state index contributed by atoms with van der Waals surface area (Å²) in [5.74, 6) is -0.964. The van der Waals surface area contributed by atoms with Gasteiger partial charge in [0.1, 0.15) is 5.69 Å². The number of halogens is 1. The van der Waals surface area contributed by atoms with Crippen LogP contribution in [-0.2, 0) is 9.53 Å². The number of aromatic nitrogens is 1. The Morgan fingerprint density at radius 1 is 1.16 bits per heavy atom. The van der Waals surface area contributed by atoms with Gasteiger partial charge in [-0.2, -0.15) is 0 Å². The first-order valence-electron chi connectivity index (χ1n) is 7.83. The van der Waals surface area contributed by atoms with Crippen molar-refractivity contribution in [3.63, 3.8) is 0 Å². The molecule has 0 aliphatic heterocycles. The van der Waals surface area contributed by atoms with E-state index in [1.165, 1.54) is 0 Å². The summed E-state index contributed by atoms with van der Waals surface area (Å²) >= 11 is 6.11. The monoisotopic (exact) mass is 356 g/mol. The first kappa shape index (κ1) is 17.0. The van der Waals surface area contributed by atoms with E-state index in [1.54, 1.807) is 12.1 Å². The van der Waals surface area contributed by atoms with Crippen LogP contribution in [-0.4, -0.2) is 23.5 Å². The molecule has 6 heteroatoms. The van der Waals surface area contributed by atoms with Gasteiger partial charge in [-0.25, -0.2) is 4.79 Å². The average molecular weight is 357 g/mol. The van der Waals surface area contributed by atoms with Gasteiger partial charge in [-0.15, -0.1) is 0 Å². The average Bonchev–Trinajstić information content (AvgIpc) is 3.04. The number of fused-ring (bicyclic) bond motifs is 1. The maximum Gasteiger partial charge on any atom is 0.355 e. The Bertz CT molecular complexity index is 887. The number of rotatable bonds is 5. The van der Waals surface area contributed by atoms with Crippen LogP contribution in [0.25, 0.3) is 10.9 Å². The zero-order chi connectivity index (χ0) is 17.8. The van der Waals surface area contributed by atoms with Crippen molar-refractivity contribution in [3.05, 3.63) is 70.9 Å². The predicted molar refractivity (Wildman–Crippen MR) is 96.6 cm³/mol. The van der Waals surface area contributed by atoms with Crippen molar-refractivity contribution >= 4 is 34.4 Å². The summed E-state index contributed by atoms with van der Waals surface area (Å²) in [6.07, 6.45) is 0. The molecule has 128 valence electrons. The van der Waals surface area contributed by atoms with E-state index in [1.807, 2.05) is 49.4 Å². The Balaban J connectivity index is 1.56. The molecule has 3 aromatic rings. The second kappa shape index (κ2) is 7.40. The molecule has 1 atom stereocenters. The number of amides is 1. The lowest BCUT2D eigenvalue weighted by molar-refractivity contribution is -0.124. The number of para-hydroxylation sites is 1. The van der Waals surface area contributed by atoms with Crippen molar-refractivity contribution in [2.75, 3.05) is 6.61 Å².